The summed E-state index contributed by atoms with van der Waals surface area (Å²) in [6, 6.07) is 6.89. The van der Waals surface area contributed by atoms with Crippen LogP contribution in [0.25, 0.3) is 0 Å². The molecule has 0 aliphatic carbocycles. The van der Waals surface area contributed by atoms with Crippen LogP contribution >= 0.6 is 0 Å². The second kappa shape index (κ2) is 3.99. The van der Waals surface area contributed by atoms with Gasteiger partial charge in [-0.3, -0.25) is 0 Å². The van der Waals surface area contributed by atoms with E-state index < -0.39 is 0 Å². The molecule has 0 saturated heterocycles. The summed E-state index contributed by atoms with van der Waals surface area (Å²) in [7, 11) is 0. The van der Waals surface area contributed by atoms with Gasteiger partial charge in [0.25, 0.3) is 0 Å². The number of aromatic nitrogens is 2. The van der Waals surface area contributed by atoms with Crippen LogP contribution in [0.2, 0.25) is 0 Å². The summed E-state index contributed by atoms with van der Waals surface area (Å²) in [6.45, 7) is 3.00. The van der Waals surface area contributed by atoms with E-state index in [1.54, 1.807) is 12.1 Å². The minimum Gasteiger partial charge on any atom is -0.332 e. The molecule has 0 fully saturated rings. The third-order valence-electron chi connectivity index (χ3n) is 3.63. The molecule has 2 aromatic rings. The zero-order valence-electron chi connectivity index (χ0n) is 9.86. The lowest BCUT2D eigenvalue weighted by atomic mass is 9.91. The van der Waals surface area contributed by atoms with Crippen LogP contribution in [0.5, 0.6) is 0 Å². The van der Waals surface area contributed by atoms with Crippen molar-refractivity contribution in [1.82, 2.24) is 9.55 Å². The molecule has 1 aromatic heterocycles. The molecular formula is C14H15FN2. The van der Waals surface area contributed by atoms with Crippen LogP contribution in [-0.4, -0.2) is 9.55 Å². The summed E-state index contributed by atoms with van der Waals surface area (Å²) >= 11 is 0. The summed E-state index contributed by atoms with van der Waals surface area (Å²) in [5.74, 6) is 1.40. The van der Waals surface area contributed by atoms with E-state index in [0.29, 0.717) is 5.92 Å². The first kappa shape index (κ1) is 10.5. The van der Waals surface area contributed by atoms with Crippen molar-refractivity contribution in [3.05, 3.63) is 53.4 Å². The predicted molar refractivity (Wildman–Crippen MR) is 64.4 cm³/mol. The Balaban J connectivity index is 1.88. The number of rotatable bonds is 1. The Labute approximate surface area is 100 Å². The van der Waals surface area contributed by atoms with Crippen LogP contribution in [0, 0.1) is 12.7 Å². The maximum atomic E-state index is 12.9. The molecule has 2 heterocycles. The highest BCUT2D eigenvalue weighted by atomic mass is 19.1. The van der Waals surface area contributed by atoms with Crippen LogP contribution in [0.3, 0.4) is 0 Å². The molecule has 0 radical (unpaired) electrons. The van der Waals surface area contributed by atoms with Crippen LogP contribution in [-0.2, 0) is 13.0 Å². The fraction of sp³-hybridized carbons (Fsp3) is 0.357. The van der Waals surface area contributed by atoms with E-state index in [0.717, 1.165) is 25.2 Å². The fourth-order valence-electron chi connectivity index (χ4n) is 2.60. The number of imidazole rings is 1. The first-order chi connectivity index (χ1) is 8.24. The minimum absolute atomic E-state index is 0.163. The zero-order valence-corrected chi connectivity index (χ0v) is 9.86. The molecule has 1 aliphatic rings. The largest absolute Gasteiger partial charge is 0.332 e. The molecule has 3 heteroatoms. The quantitative estimate of drug-likeness (QED) is 0.736. The molecule has 2 nitrogen and oxygen atoms in total. The van der Waals surface area contributed by atoms with Gasteiger partial charge < -0.3 is 4.57 Å². The van der Waals surface area contributed by atoms with Crippen LogP contribution in [0.15, 0.2) is 30.5 Å². The lowest BCUT2D eigenvalue weighted by molar-refractivity contribution is 0.455. The normalized spacial score (nSPS) is 19.1. The van der Waals surface area contributed by atoms with E-state index in [1.807, 2.05) is 25.3 Å². The highest BCUT2D eigenvalue weighted by Crippen LogP contribution is 2.29. The standard InChI is InChI=1S/C14H15FN2/c1-10-16-8-14-7-4-12(9-17(10)14)11-2-5-13(15)6-3-11/h2-3,5-6,8,12H,4,7,9H2,1H3. The Morgan fingerprint density at radius 1 is 1.29 bits per heavy atom. The van der Waals surface area contributed by atoms with E-state index in [4.69, 9.17) is 0 Å². The van der Waals surface area contributed by atoms with Crippen molar-refractivity contribution < 1.29 is 4.39 Å². The first-order valence-corrected chi connectivity index (χ1v) is 6.00. The third kappa shape index (κ3) is 1.86. The maximum absolute atomic E-state index is 12.9. The molecule has 0 spiro atoms. The lowest BCUT2D eigenvalue weighted by Gasteiger charge is -2.25. The highest BCUT2D eigenvalue weighted by Gasteiger charge is 2.21. The van der Waals surface area contributed by atoms with Gasteiger partial charge in [0.15, 0.2) is 0 Å². The first-order valence-electron chi connectivity index (χ1n) is 6.00. The molecule has 88 valence electrons. The average Bonchev–Trinajstić information content (AvgIpc) is 2.72. The second-order valence-electron chi connectivity index (χ2n) is 4.69. The minimum atomic E-state index is -0.163. The van der Waals surface area contributed by atoms with Crippen LogP contribution in [0.1, 0.15) is 29.4 Å². The fourth-order valence-corrected chi connectivity index (χ4v) is 2.60. The van der Waals surface area contributed by atoms with Gasteiger partial charge >= 0.3 is 0 Å². The molecule has 17 heavy (non-hydrogen) atoms. The van der Waals surface area contributed by atoms with Gasteiger partial charge in [0.1, 0.15) is 11.6 Å². The number of hydrogen-bond acceptors (Lipinski definition) is 1. The molecule has 3 rings (SSSR count). The Morgan fingerprint density at radius 3 is 2.82 bits per heavy atom. The zero-order chi connectivity index (χ0) is 11.8. The van der Waals surface area contributed by atoms with Crippen molar-refractivity contribution in [1.29, 1.82) is 0 Å². The van der Waals surface area contributed by atoms with E-state index in [1.165, 1.54) is 11.3 Å². The highest BCUT2D eigenvalue weighted by molar-refractivity contribution is 5.23. The Morgan fingerprint density at radius 2 is 2.06 bits per heavy atom. The molecule has 0 bridgehead atoms. The van der Waals surface area contributed by atoms with Gasteiger partial charge in [0, 0.05) is 24.4 Å². The Bertz CT molecular complexity index is 528. The summed E-state index contributed by atoms with van der Waals surface area (Å²) in [6.07, 6.45) is 4.15. The molecule has 0 N–H and O–H groups in total. The molecule has 0 saturated carbocycles. The Hall–Kier alpha value is -1.64. The number of benzene rings is 1. The predicted octanol–water partition coefficient (Wildman–Crippen LogP) is 3.06. The molecule has 0 amide bonds. The third-order valence-corrected chi connectivity index (χ3v) is 3.63. The second-order valence-corrected chi connectivity index (χ2v) is 4.69. The van der Waals surface area contributed by atoms with Gasteiger partial charge in [-0.1, -0.05) is 12.1 Å². The van der Waals surface area contributed by atoms with E-state index in [9.17, 15) is 4.39 Å². The van der Waals surface area contributed by atoms with E-state index >= 15 is 0 Å². The van der Waals surface area contributed by atoms with Crippen molar-refractivity contribution >= 4 is 0 Å². The number of halogens is 1. The topological polar surface area (TPSA) is 17.8 Å². The summed E-state index contributed by atoms with van der Waals surface area (Å²) in [4.78, 5) is 4.34. The van der Waals surface area contributed by atoms with Gasteiger partial charge in [-0.15, -0.1) is 0 Å². The Kier molecular flexibility index (Phi) is 2.46. The number of fused-ring (bicyclic) bond motifs is 1. The van der Waals surface area contributed by atoms with Crippen molar-refractivity contribution in [3.8, 4) is 0 Å². The van der Waals surface area contributed by atoms with Crippen molar-refractivity contribution in [2.45, 2.75) is 32.2 Å². The molecular weight excluding hydrogens is 215 g/mol. The number of nitrogens with zero attached hydrogens (tertiary/aromatic N) is 2. The van der Waals surface area contributed by atoms with Gasteiger partial charge in [-0.25, -0.2) is 9.37 Å². The van der Waals surface area contributed by atoms with Gasteiger partial charge in [-0.2, -0.15) is 0 Å². The smallest absolute Gasteiger partial charge is 0.123 e. The summed E-state index contributed by atoms with van der Waals surface area (Å²) in [5, 5.41) is 0. The lowest BCUT2D eigenvalue weighted by Crippen LogP contribution is -2.19. The average molecular weight is 230 g/mol. The summed E-state index contributed by atoms with van der Waals surface area (Å²) < 4.78 is 15.2. The van der Waals surface area contributed by atoms with Gasteiger partial charge in [0.2, 0.25) is 0 Å². The van der Waals surface area contributed by atoms with E-state index in [2.05, 4.69) is 9.55 Å². The molecule has 1 aromatic carbocycles. The molecule has 1 unspecified atom stereocenters. The number of aryl methyl sites for hydroxylation is 2. The van der Waals surface area contributed by atoms with E-state index in [-0.39, 0.29) is 5.82 Å². The molecule has 1 aliphatic heterocycles. The van der Waals surface area contributed by atoms with Gasteiger partial charge in [-0.05, 0) is 37.5 Å². The van der Waals surface area contributed by atoms with Crippen molar-refractivity contribution in [3.63, 3.8) is 0 Å². The van der Waals surface area contributed by atoms with Crippen LogP contribution < -0.4 is 0 Å². The van der Waals surface area contributed by atoms with Gasteiger partial charge in [0.05, 0.1) is 0 Å². The SMILES string of the molecule is Cc1ncc2n1CC(c1ccc(F)cc1)CC2. The monoisotopic (exact) mass is 230 g/mol. The maximum Gasteiger partial charge on any atom is 0.123 e. The van der Waals surface area contributed by atoms with Crippen molar-refractivity contribution in [2.24, 2.45) is 0 Å². The summed E-state index contributed by atoms with van der Waals surface area (Å²) in [5.41, 5.74) is 2.55. The van der Waals surface area contributed by atoms with Crippen molar-refractivity contribution in [2.75, 3.05) is 0 Å². The molecule has 1 atom stereocenters. The van der Waals surface area contributed by atoms with Crippen LogP contribution in [0.4, 0.5) is 4.39 Å². The number of hydrogen-bond donors (Lipinski definition) is 0.